The Morgan fingerprint density at radius 3 is 1.48 bits per heavy atom. The molecule has 0 aliphatic carbocycles. The van der Waals surface area contributed by atoms with E-state index in [1.807, 2.05) is 11.4 Å². The molecule has 0 saturated heterocycles. The van der Waals surface area contributed by atoms with Crippen LogP contribution in [0.1, 0.15) is 83.1 Å². The highest BCUT2D eigenvalue weighted by atomic mass is 32.7. The van der Waals surface area contributed by atoms with Crippen LogP contribution in [0.3, 0.4) is 0 Å². The Labute approximate surface area is 170 Å². The Hall–Kier alpha value is 1.22. The molecule has 0 amide bonds. The van der Waals surface area contributed by atoms with E-state index in [4.69, 9.17) is 12.2 Å². The van der Waals surface area contributed by atoms with Crippen LogP contribution in [-0.2, 0) is 0 Å². The predicted octanol–water partition coefficient (Wildman–Crippen LogP) is 7.77. The van der Waals surface area contributed by atoms with Crippen molar-refractivity contribution in [1.29, 1.82) is 0 Å². The lowest BCUT2D eigenvalue weighted by Crippen LogP contribution is -2.37. The highest BCUT2D eigenvalue weighted by Gasteiger charge is 2.40. The zero-order valence-corrected chi connectivity index (χ0v) is 22.1. The van der Waals surface area contributed by atoms with Gasteiger partial charge in [0.25, 0.3) is 0 Å². The average Bonchev–Trinajstić information content (AvgIpc) is 2.34. The largest absolute Gasteiger partial charge is 0.262 e. The quantitative estimate of drug-likeness (QED) is 0.290. The van der Waals surface area contributed by atoms with Gasteiger partial charge in [-0.2, -0.15) is 0 Å². The van der Waals surface area contributed by atoms with E-state index < -0.39 is 7.42 Å². The minimum atomic E-state index is -0.474. The number of hydrogen-bond donors (Lipinski definition) is 0. The van der Waals surface area contributed by atoms with Crippen LogP contribution in [0.5, 0.6) is 0 Å². The normalized spacial score (nSPS) is 15.1. The first-order chi connectivity index (χ1) is 11.2. The van der Waals surface area contributed by atoms with E-state index in [0.29, 0.717) is 12.1 Å². The molecule has 0 aromatic rings. The smallest absolute Gasteiger partial charge is 0.109 e. The van der Waals surface area contributed by atoms with E-state index in [1.165, 1.54) is 3.94 Å². The molecule has 2 nitrogen and oxygen atoms in total. The summed E-state index contributed by atoms with van der Waals surface area (Å²) in [5.74, 6) is 0. The zero-order valence-electron chi connectivity index (χ0n) is 18.7. The van der Waals surface area contributed by atoms with Crippen LogP contribution in [0.4, 0.5) is 0 Å². The summed E-state index contributed by atoms with van der Waals surface area (Å²) in [6, 6.07) is 1.05. The van der Waals surface area contributed by atoms with Gasteiger partial charge in [0.15, 0.2) is 0 Å². The van der Waals surface area contributed by atoms with Crippen molar-refractivity contribution in [2.45, 2.75) is 105 Å². The van der Waals surface area contributed by atoms with Crippen molar-refractivity contribution in [2.24, 2.45) is 0 Å². The SMILES string of the molecule is CCN(CC)[P@](SC(=S)P(C(C)(C)C)C(C)(C)C)N(C(C)C)C(C)C. The summed E-state index contributed by atoms with van der Waals surface area (Å²) in [6.45, 7) is 30.1. The van der Waals surface area contributed by atoms with Crippen LogP contribution in [0.15, 0.2) is 0 Å². The fourth-order valence-corrected chi connectivity index (χ4v) is 16.9. The first-order valence-electron chi connectivity index (χ1n) is 9.53. The summed E-state index contributed by atoms with van der Waals surface area (Å²) in [5, 5.41) is 0.477. The molecule has 0 rings (SSSR count). The summed E-state index contributed by atoms with van der Waals surface area (Å²) in [6.07, 6.45) is 0. The van der Waals surface area contributed by atoms with Crippen molar-refractivity contribution in [1.82, 2.24) is 9.34 Å². The number of thiocarbonyl (C=S) groups is 1. The fraction of sp³-hybridized carbons (Fsp3) is 0.947. The molecule has 0 unspecified atom stereocenters. The van der Waals surface area contributed by atoms with Crippen LogP contribution < -0.4 is 0 Å². The number of rotatable bonds is 8. The molecule has 0 saturated carbocycles. The molecule has 25 heavy (non-hydrogen) atoms. The Balaban J connectivity index is 5.80. The molecular formula is C19H42N2P2S2. The molecule has 0 N–H and O–H groups in total. The molecule has 0 aliphatic heterocycles. The third-order valence-corrected chi connectivity index (χ3v) is 14.4. The second-order valence-electron chi connectivity index (χ2n) is 8.99. The highest BCUT2D eigenvalue weighted by Crippen LogP contribution is 2.69. The zero-order chi connectivity index (χ0) is 20.2. The molecule has 6 heteroatoms. The molecule has 0 aromatic carbocycles. The second-order valence-corrected chi connectivity index (χ2v) is 17.7. The highest BCUT2D eigenvalue weighted by molar-refractivity contribution is 8.68. The van der Waals surface area contributed by atoms with Gasteiger partial charge in [-0.25, -0.2) is 0 Å². The molecule has 150 valence electrons. The average molecular weight is 425 g/mol. The molecule has 0 aliphatic rings. The Morgan fingerprint density at radius 1 is 0.880 bits per heavy atom. The molecular weight excluding hydrogens is 382 g/mol. The van der Waals surface area contributed by atoms with Crippen molar-refractivity contribution in [3.63, 3.8) is 0 Å². The van der Waals surface area contributed by atoms with Gasteiger partial charge in [-0.05, 0) is 45.9 Å². The lowest BCUT2D eigenvalue weighted by molar-refractivity contribution is 0.305. The molecule has 0 bridgehead atoms. The third kappa shape index (κ3) is 8.00. The van der Waals surface area contributed by atoms with E-state index >= 15 is 0 Å². The summed E-state index contributed by atoms with van der Waals surface area (Å²) in [5.41, 5.74) is 0. The molecule has 1 atom stereocenters. The van der Waals surface area contributed by atoms with Gasteiger partial charge in [0, 0.05) is 25.2 Å². The van der Waals surface area contributed by atoms with Crippen LogP contribution in [0.2, 0.25) is 0 Å². The Bertz CT molecular complexity index is 389. The topological polar surface area (TPSA) is 6.48 Å². The predicted molar refractivity (Wildman–Crippen MR) is 129 cm³/mol. The van der Waals surface area contributed by atoms with E-state index in [1.54, 1.807) is 0 Å². The van der Waals surface area contributed by atoms with Gasteiger partial charge in [0.05, 0.1) is 3.94 Å². The van der Waals surface area contributed by atoms with E-state index in [2.05, 4.69) is 92.4 Å². The van der Waals surface area contributed by atoms with Crippen molar-refractivity contribution in [3.8, 4) is 0 Å². The molecule has 0 radical (unpaired) electrons. The van der Waals surface area contributed by atoms with Crippen LogP contribution >= 0.6 is 38.9 Å². The van der Waals surface area contributed by atoms with Crippen molar-refractivity contribution >= 4 is 42.9 Å². The minimum Gasteiger partial charge on any atom is -0.262 e. The van der Waals surface area contributed by atoms with Gasteiger partial charge in [0.1, 0.15) is 7.42 Å². The van der Waals surface area contributed by atoms with E-state index in [0.717, 1.165) is 13.1 Å². The van der Waals surface area contributed by atoms with Crippen molar-refractivity contribution in [3.05, 3.63) is 0 Å². The maximum Gasteiger partial charge on any atom is 0.109 e. The minimum absolute atomic E-state index is 0.239. The van der Waals surface area contributed by atoms with Crippen molar-refractivity contribution < 1.29 is 0 Å². The fourth-order valence-electron chi connectivity index (χ4n) is 3.37. The van der Waals surface area contributed by atoms with Crippen LogP contribution in [0.25, 0.3) is 0 Å². The van der Waals surface area contributed by atoms with Gasteiger partial charge in [-0.1, -0.05) is 79.0 Å². The summed E-state index contributed by atoms with van der Waals surface area (Å²) in [4.78, 5) is 0. The first kappa shape index (κ1) is 26.2. The van der Waals surface area contributed by atoms with Gasteiger partial charge >= 0.3 is 0 Å². The lowest BCUT2D eigenvalue weighted by Gasteiger charge is -2.46. The Morgan fingerprint density at radius 2 is 1.24 bits per heavy atom. The summed E-state index contributed by atoms with van der Waals surface area (Å²) < 4.78 is 6.54. The summed E-state index contributed by atoms with van der Waals surface area (Å²) >= 11 is 8.12. The van der Waals surface area contributed by atoms with E-state index in [9.17, 15) is 0 Å². The van der Waals surface area contributed by atoms with Crippen LogP contribution in [0, 0.1) is 0 Å². The Kier molecular flexibility index (Phi) is 11.2. The molecule has 0 aromatic heterocycles. The van der Waals surface area contributed by atoms with Crippen molar-refractivity contribution in [2.75, 3.05) is 13.1 Å². The van der Waals surface area contributed by atoms with Gasteiger partial charge in [-0.3, -0.25) is 9.34 Å². The van der Waals surface area contributed by atoms with Gasteiger partial charge < -0.3 is 0 Å². The van der Waals surface area contributed by atoms with E-state index in [-0.39, 0.29) is 18.2 Å². The van der Waals surface area contributed by atoms with Gasteiger partial charge in [0.2, 0.25) is 0 Å². The lowest BCUT2D eigenvalue weighted by atomic mass is 10.2. The maximum atomic E-state index is 6.11. The number of nitrogens with zero attached hydrogens (tertiary/aromatic N) is 2. The molecule has 0 spiro atoms. The standard InChI is InChI=1S/C19H42N2P2S2/c1-13-20(14-2)23(21(15(3)4)16(5)6)25-17(24)22(18(7,8)9)19(10,11)12/h15-16H,13-14H2,1-12H3/t23-/m0/s1. The monoisotopic (exact) mass is 424 g/mol. The summed E-state index contributed by atoms with van der Waals surface area (Å²) in [7, 11) is -0.852. The van der Waals surface area contributed by atoms with Gasteiger partial charge in [-0.15, -0.1) is 0 Å². The first-order valence-corrected chi connectivity index (χ1v) is 14.0. The third-order valence-electron chi connectivity index (χ3n) is 3.91. The number of hydrogen-bond acceptors (Lipinski definition) is 4. The van der Waals surface area contributed by atoms with Crippen LogP contribution in [-0.4, -0.2) is 48.8 Å². The maximum absolute atomic E-state index is 6.11. The molecule has 0 heterocycles. The second kappa shape index (κ2) is 10.7. The molecule has 0 fully saturated rings.